The average Bonchev–Trinajstić information content (AvgIpc) is 2.54. The first-order valence-electron chi connectivity index (χ1n) is 7.95. The van der Waals surface area contributed by atoms with Crippen molar-refractivity contribution in [3.05, 3.63) is 28.8 Å². The number of carbonyl (C=O) groups is 3. The predicted octanol–water partition coefficient (Wildman–Crippen LogP) is 3.02. The Labute approximate surface area is 145 Å². The number of likely N-dealkylation sites (tertiary alicyclic amines) is 1. The van der Waals surface area contributed by atoms with Gasteiger partial charge in [-0.2, -0.15) is 0 Å². The third kappa shape index (κ3) is 4.96. The minimum Gasteiger partial charge on any atom is -0.481 e. The van der Waals surface area contributed by atoms with Crippen LogP contribution in [0.1, 0.15) is 43.0 Å². The Morgan fingerprint density at radius 3 is 2.79 bits per heavy atom. The molecule has 0 radical (unpaired) electrons. The van der Waals surface area contributed by atoms with Gasteiger partial charge in [0.1, 0.15) is 0 Å². The molecule has 24 heavy (non-hydrogen) atoms. The van der Waals surface area contributed by atoms with Crippen LogP contribution in [0.3, 0.4) is 0 Å². The summed E-state index contributed by atoms with van der Waals surface area (Å²) in [6.45, 7) is 2.56. The number of halogens is 1. The maximum absolute atomic E-state index is 12.8. The van der Waals surface area contributed by atoms with Crippen LogP contribution in [-0.2, 0) is 9.59 Å². The van der Waals surface area contributed by atoms with E-state index in [1.807, 2.05) is 0 Å². The van der Waals surface area contributed by atoms with Gasteiger partial charge in [-0.15, -0.1) is 0 Å². The second-order valence-corrected chi connectivity index (χ2v) is 6.47. The summed E-state index contributed by atoms with van der Waals surface area (Å²) in [7, 11) is 0. The molecule has 1 unspecified atom stereocenters. The highest BCUT2D eigenvalue weighted by molar-refractivity contribution is 6.34. The highest BCUT2D eigenvalue weighted by atomic mass is 35.5. The molecule has 0 saturated carbocycles. The van der Waals surface area contributed by atoms with Crippen LogP contribution in [0.4, 0.5) is 5.69 Å². The fraction of sp³-hybridized carbons (Fsp3) is 0.471. The standard InChI is InChI=1S/C17H21ClN2O4/c1-11(21)19-13-5-6-15(18)14(9-13)17(24)20-8-2-3-12(10-20)4-7-16(22)23/h5-6,9,12H,2-4,7-8,10H2,1H3,(H,19,21)(H,22,23). The van der Waals surface area contributed by atoms with Gasteiger partial charge in [-0.05, 0) is 43.4 Å². The Morgan fingerprint density at radius 2 is 2.12 bits per heavy atom. The normalized spacial score (nSPS) is 17.4. The topological polar surface area (TPSA) is 86.7 Å². The number of rotatable bonds is 5. The van der Waals surface area contributed by atoms with Gasteiger partial charge in [-0.25, -0.2) is 0 Å². The molecule has 0 spiro atoms. The quantitative estimate of drug-likeness (QED) is 0.852. The van der Waals surface area contributed by atoms with Crippen molar-refractivity contribution in [1.29, 1.82) is 0 Å². The molecule has 1 aromatic rings. The summed E-state index contributed by atoms with van der Waals surface area (Å²) < 4.78 is 0. The molecule has 0 bridgehead atoms. The smallest absolute Gasteiger partial charge is 0.303 e. The van der Waals surface area contributed by atoms with Gasteiger partial charge in [0.15, 0.2) is 0 Å². The summed E-state index contributed by atoms with van der Waals surface area (Å²) in [5.41, 5.74) is 0.872. The third-order valence-corrected chi connectivity index (χ3v) is 4.42. The van der Waals surface area contributed by atoms with E-state index in [1.165, 1.54) is 6.92 Å². The molecule has 0 aliphatic carbocycles. The number of carboxylic acids is 1. The Kier molecular flexibility index (Phi) is 6.20. The molecule has 6 nitrogen and oxygen atoms in total. The zero-order valence-corrected chi connectivity index (χ0v) is 14.3. The lowest BCUT2D eigenvalue weighted by atomic mass is 9.93. The second-order valence-electron chi connectivity index (χ2n) is 6.07. The minimum absolute atomic E-state index is 0.117. The van der Waals surface area contributed by atoms with Crippen molar-refractivity contribution in [1.82, 2.24) is 4.90 Å². The Morgan fingerprint density at radius 1 is 1.38 bits per heavy atom. The van der Waals surface area contributed by atoms with Gasteiger partial charge in [-0.1, -0.05) is 11.6 Å². The SMILES string of the molecule is CC(=O)Nc1ccc(Cl)c(C(=O)N2CCCC(CCC(=O)O)C2)c1. The van der Waals surface area contributed by atoms with Crippen LogP contribution in [0.25, 0.3) is 0 Å². The third-order valence-electron chi connectivity index (χ3n) is 4.09. The molecule has 1 heterocycles. The summed E-state index contributed by atoms with van der Waals surface area (Å²) >= 11 is 6.15. The van der Waals surface area contributed by atoms with Crippen molar-refractivity contribution in [2.75, 3.05) is 18.4 Å². The number of hydrogen-bond acceptors (Lipinski definition) is 3. The fourth-order valence-corrected chi connectivity index (χ4v) is 3.15. The number of nitrogens with zero attached hydrogens (tertiary/aromatic N) is 1. The van der Waals surface area contributed by atoms with Crippen LogP contribution in [-0.4, -0.2) is 40.9 Å². The monoisotopic (exact) mass is 352 g/mol. The van der Waals surface area contributed by atoms with Gasteiger partial charge in [0.25, 0.3) is 5.91 Å². The first-order chi connectivity index (χ1) is 11.4. The fourth-order valence-electron chi connectivity index (χ4n) is 2.95. The number of piperidine rings is 1. The molecule has 1 aliphatic heterocycles. The Bertz CT molecular complexity index is 647. The van der Waals surface area contributed by atoms with E-state index in [0.29, 0.717) is 35.8 Å². The average molecular weight is 353 g/mol. The molecule has 1 saturated heterocycles. The van der Waals surface area contributed by atoms with E-state index in [9.17, 15) is 14.4 Å². The van der Waals surface area contributed by atoms with E-state index >= 15 is 0 Å². The first kappa shape index (κ1) is 18.3. The van der Waals surface area contributed by atoms with E-state index in [1.54, 1.807) is 23.1 Å². The summed E-state index contributed by atoms with van der Waals surface area (Å²) in [6.07, 6.45) is 2.46. The zero-order valence-electron chi connectivity index (χ0n) is 13.5. The summed E-state index contributed by atoms with van der Waals surface area (Å²) in [6, 6.07) is 4.81. The number of benzene rings is 1. The molecule has 7 heteroatoms. The predicted molar refractivity (Wildman–Crippen MR) is 91.3 cm³/mol. The molecule has 1 fully saturated rings. The number of aliphatic carboxylic acids is 1. The molecule has 2 rings (SSSR count). The van der Waals surface area contributed by atoms with Gasteiger partial charge in [0.2, 0.25) is 5.91 Å². The van der Waals surface area contributed by atoms with E-state index in [0.717, 1.165) is 12.8 Å². The van der Waals surface area contributed by atoms with Crippen LogP contribution in [0.15, 0.2) is 18.2 Å². The van der Waals surface area contributed by atoms with Crippen molar-refractivity contribution in [3.8, 4) is 0 Å². The minimum atomic E-state index is -0.815. The lowest BCUT2D eigenvalue weighted by Crippen LogP contribution is -2.40. The van der Waals surface area contributed by atoms with Gasteiger partial charge < -0.3 is 15.3 Å². The van der Waals surface area contributed by atoms with Crippen molar-refractivity contribution in [2.45, 2.75) is 32.6 Å². The van der Waals surface area contributed by atoms with Gasteiger partial charge in [0, 0.05) is 32.1 Å². The van der Waals surface area contributed by atoms with E-state index < -0.39 is 5.97 Å². The molecule has 0 aromatic heterocycles. The number of carboxylic acid groups (broad SMARTS) is 1. The molecule has 1 aliphatic rings. The molecule has 2 amide bonds. The van der Waals surface area contributed by atoms with E-state index in [2.05, 4.69) is 5.32 Å². The van der Waals surface area contributed by atoms with Crippen molar-refractivity contribution < 1.29 is 19.5 Å². The largest absolute Gasteiger partial charge is 0.481 e. The molecule has 1 aromatic carbocycles. The zero-order chi connectivity index (χ0) is 17.7. The summed E-state index contributed by atoms with van der Waals surface area (Å²) in [4.78, 5) is 36.4. The van der Waals surface area contributed by atoms with Crippen LogP contribution in [0, 0.1) is 5.92 Å². The second kappa shape index (κ2) is 8.15. The maximum atomic E-state index is 12.8. The molecular formula is C17H21ClN2O4. The van der Waals surface area contributed by atoms with Gasteiger partial charge in [-0.3, -0.25) is 14.4 Å². The highest BCUT2D eigenvalue weighted by Gasteiger charge is 2.26. The van der Waals surface area contributed by atoms with Crippen LogP contribution in [0.2, 0.25) is 5.02 Å². The number of nitrogens with one attached hydrogen (secondary N) is 1. The first-order valence-corrected chi connectivity index (χ1v) is 8.33. The van der Waals surface area contributed by atoms with Crippen molar-refractivity contribution in [3.63, 3.8) is 0 Å². The van der Waals surface area contributed by atoms with Crippen LogP contribution < -0.4 is 5.32 Å². The number of amides is 2. The summed E-state index contributed by atoms with van der Waals surface area (Å²) in [5, 5.41) is 11.8. The van der Waals surface area contributed by atoms with Crippen LogP contribution >= 0.6 is 11.6 Å². The van der Waals surface area contributed by atoms with Crippen molar-refractivity contribution in [2.24, 2.45) is 5.92 Å². The van der Waals surface area contributed by atoms with Crippen LogP contribution in [0.5, 0.6) is 0 Å². The molecule has 1 atom stereocenters. The molecular weight excluding hydrogens is 332 g/mol. The maximum Gasteiger partial charge on any atom is 0.303 e. The molecule has 2 N–H and O–H groups in total. The van der Waals surface area contributed by atoms with Gasteiger partial charge >= 0.3 is 5.97 Å². The molecule has 130 valence electrons. The Balaban J connectivity index is 2.09. The van der Waals surface area contributed by atoms with Gasteiger partial charge in [0.05, 0.1) is 10.6 Å². The number of carbonyl (C=O) groups excluding carboxylic acids is 2. The lowest BCUT2D eigenvalue weighted by molar-refractivity contribution is -0.137. The van der Waals surface area contributed by atoms with E-state index in [-0.39, 0.29) is 24.2 Å². The van der Waals surface area contributed by atoms with Crippen molar-refractivity contribution >= 4 is 35.1 Å². The summed E-state index contributed by atoms with van der Waals surface area (Å²) in [5.74, 6) is -1.03. The van der Waals surface area contributed by atoms with E-state index in [4.69, 9.17) is 16.7 Å². The number of hydrogen-bond donors (Lipinski definition) is 2. The number of anilines is 1. The Hall–Kier alpha value is -2.08. The highest BCUT2D eigenvalue weighted by Crippen LogP contribution is 2.26. The lowest BCUT2D eigenvalue weighted by Gasteiger charge is -2.33.